The Hall–Kier alpha value is -0.340. The predicted octanol–water partition coefficient (Wildman–Crippen LogP) is 3.13. The Kier molecular flexibility index (Phi) is 2.34. The fraction of sp³-hybridized carbons (Fsp3) is 0.667. The van der Waals surface area contributed by atoms with Gasteiger partial charge in [-0.05, 0) is 42.2 Å². The van der Waals surface area contributed by atoms with Gasteiger partial charge in [0.05, 0.1) is 0 Å². The first-order valence-electron chi connectivity index (χ1n) is 5.75. The van der Waals surface area contributed by atoms with Crippen molar-refractivity contribution in [2.24, 2.45) is 5.92 Å². The maximum atomic E-state index is 3.71. The van der Waals surface area contributed by atoms with Crippen LogP contribution in [0.2, 0.25) is 0 Å². The minimum absolute atomic E-state index is 0.688. The Labute approximate surface area is 89.5 Å². The number of thiophene rings is 1. The highest BCUT2D eigenvalue weighted by Gasteiger charge is 2.29. The van der Waals surface area contributed by atoms with E-state index in [1.54, 1.807) is 10.4 Å². The van der Waals surface area contributed by atoms with E-state index in [0.29, 0.717) is 6.04 Å². The molecule has 1 fully saturated rings. The third-order valence-corrected chi connectivity index (χ3v) is 4.70. The zero-order valence-electron chi connectivity index (χ0n) is 8.46. The lowest BCUT2D eigenvalue weighted by molar-refractivity contribution is 0.356. The summed E-state index contributed by atoms with van der Waals surface area (Å²) in [6.07, 6.45) is 7.01. The summed E-state index contributed by atoms with van der Waals surface area (Å²) in [6, 6.07) is 3.03. The molecule has 1 aromatic heterocycles. The molecule has 2 heterocycles. The highest BCUT2D eigenvalue weighted by molar-refractivity contribution is 7.10. The molecule has 0 spiro atoms. The van der Waals surface area contributed by atoms with Gasteiger partial charge in [-0.3, -0.25) is 0 Å². The maximum Gasteiger partial charge on any atom is 0.0359 e. The molecule has 14 heavy (non-hydrogen) atoms. The topological polar surface area (TPSA) is 12.0 Å². The van der Waals surface area contributed by atoms with Crippen molar-refractivity contribution in [2.45, 2.75) is 38.1 Å². The summed E-state index contributed by atoms with van der Waals surface area (Å²) < 4.78 is 0. The predicted molar refractivity (Wildman–Crippen MR) is 60.7 cm³/mol. The van der Waals surface area contributed by atoms with Crippen LogP contribution in [0.4, 0.5) is 0 Å². The van der Waals surface area contributed by atoms with Crippen LogP contribution in [0.15, 0.2) is 11.4 Å². The number of rotatable bonds is 1. The van der Waals surface area contributed by atoms with Gasteiger partial charge in [-0.15, -0.1) is 11.3 Å². The van der Waals surface area contributed by atoms with E-state index in [0.717, 1.165) is 5.92 Å². The molecule has 1 unspecified atom stereocenters. The third kappa shape index (κ3) is 1.41. The summed E-state index contributed by atoms with van der Waals surface area (Å²) >= 11 is 1.95. The number of nitrogens with one attached hydrogen (secondary N) is 1. The lowest BCUT2D eigenvalue weighted by Gasteiger charge is -2.29. The molecule has 2 heteroatoms. The summed E-state index contributed by atoms with van der Waals surface area (Å²) in [4.78, 5) is 1.64. The van der Waals surface area contributed by atoms with Gasteiger partial charge in [0.15, 0.2) is 0 Å². The van der Waals surface area contributed by atoms with Gasteiger partial charge in [0.2, 0.25) is 0 Å². The highest BCUT2D eigenvalue weighted by Crippen LogP contribution is 2.39. The first kappa shape index (κ1) is 8.93. The van der Waals surface area contributed by atoms with Crippen molar-refractivity contribution in [1.29, 1.82) is 0 Å². The van der Waals surface area contributed by atoms with Crippen LogP contribution in [0.1, 0.15) is 42.2 Å². The summed E-state index contributed by atoms with van der Waals surface area (Å²) in [5.41, 5.74) is 1.62. The first-order valence-corrected chi connectivity index (χ1v) is 6.63. The molecule has 1 atom stereocenters. The van der Waals surface area contributed by atoms with Crippen molar-refractivity contribution in [3.8, 4) is 0 Å². The Morgan fingerprint density at radius 1 is 1.29 bits per heavy atom. The van der Waals surface area contributed by atoms with Gasteiger partial charge in [0, 0.05) is 17.5 Å². The Morgan fingerprint density at radius 2 is 2.14 bits per heavy atom. The molecule has 0 amide bonds. The van der Waals surface area contributed by atoms with Gasteiger partial charge >= 0.3 is 0 Å². The summed E-state index contributed by atoms with van der Waals surface area (Å²) in [6.45, 7) is 1.19. The fourth-order valence-electron chi connectivity index (χ4n) is 2.99. The van der Waals surface area contributed by atoms with Crippen LogP contribution < -0.4 is 5.32 Å². The summed E-state index contributed by atoms with van der Waals surface area (Å²) in [7, 11) is 0. The zero-order valence-corrected chi connectivity index (χ0v) is 9.28. The van der Waals surface area contributed by atoms with E-state index in [1.807, 2.05) is 11.3 Å². The second-order valence-electron chi connectivity index (χ2n) is 4.53. The second-order valence-corrected chi connectivity index (χ2v) is 5.53. The first-order chi connectivity index (χ1) is 6.95. The normalized spacial score (nSPS) is 27.9. The molecule has 1 aliphatic heterocycles. The maximum absolute atomic E-state index is 3.71. The van der Waals surface area contributed by atoms with Crippen LogP contribution in [0.3, 0.4) is 0 Å². The van der Waals surface area contributed by atoms with E-state index in [1.165, 1.54) is 38.6 Å². The van der Waals surface area contributed by atoms with Gasteiger partial charge in [0.25, 0.3) is 0 Å². The van der Waals surface area contributed by atoms with Crippen molar-refractivity contribution in [2.75, 3.05) is 6.54 Å². The molecule has 1 nitrogen and oxygen atoms in total. The fourth-order valence-corrected chi connectivity index (χ4v) is 3.92. The molecule has 1 aliphatic carbocycles. The van der Waals surface area contributed by atoms with Crippen LogP contribution in [-0.2, 0) is 6.42 Å². The lowest BCUT2D eigenvalue weighted by Crippen LogP contribution is -2.33. The summed E-state index contributed by atoms with van der Waals surface area (Å²) in [5, 5.41) is 5.97. The standard InChI is InChI=1S/C12H17NS/c1-2-4-9(3-1)12-10-6-8-14-11(10)5-7-13-12/h6,8-9,12-13H,1-5,7H2. The van der Waals surface area contributed by atoms with Gasteiger partial charge in [0.1, 0.15) is 0 Å². The minimum Gasteiger partial charge on any atom is -0.309 e. The largest absolute Gasteiger partial charge is 0.309 e. The highest BCUT2D eigenvalue weighted by atomic mass is 32.1. The molecule has 1 N–H and O–H groups in total. The molecule has 1 saturated carbocycles. The molecule has 1 aromatic rings. The molecular formula is C12H17NS. The van der Waals surface area contributed by atoms with Gasteiger partial charge in [-0.1, -0.05) is 12.8 Å². The Bertz CT molecular complexity index is 312. The molecule has 0 bridgehead atoms. The van der Waals surface area contributed by atoms with Crippen molar-refractivity contribution < 1.29 is 0 Å². The summed E-state index contributed by atoms with van der Waals surface area (Å²) in [5.74, 6) is 0.920. The third-order valence-electron chi connectivity index (χ3n) is 3.70. The monoisotopic (exact) mass is 207 g/mol. The molecule has 2 aliphatic rings. The van der Waals surface area contributed by atoms with E-state index in [4.69, 9.17) is 0 Å². The van der Waals surface area contributed by atoms with Crippen molar-refractivity contribution in [3.05, 3.63) is 21.9 Å². The van der Waals surface area contributed by atoms with E-state index in [-0.39, 0.29) is 0 Å². The van der Waals surface area contributed by atoms with Crippen LogP contribution >= 0.6 is 11.3 Å². The average Bonchev–Trinajstić information content (AvgIpc) is 2.88. The van der Waals surface area contributed by atoms with Crippen molar-refractivity contribution in [3.63, 3.8) is 0 Å². The molecule has 76 valence electrons. The van der Waals surface area contributed by atoms with Crippen LogP contribution in [0, 0.1) is 5.92 Å². The van der Waals surface area contributed by atoms with Gasteiger partial charge in [-0.25, -0.2) is 0 Å². The second kappa shape index (κ2) is 3.67. The number of hydrogen-bond acceptors (Lipinski definition) is 2. The quantitative estimate of drug-likeness (QED) is 0.746. The van der Waals surface area contributed by atoms with Crippen molar-refractivity contribution >= 4 is 11.3 Å². The van der Waals surface area contributed by atoms with E-state index in [9.17, 15) is 0 Å². The van der Waals surface area contributed by atoms with E-state index < -0.39 is 0 Å². The van der Waals surface area contributed by atoms with Crippen LogP contribution in [0.5, 0.6) is 0 Å². The SMILES string of the molecule is c1cc2c(s1)CCNC2C1CCCC1. The smallest absolute Gasteiger partial charge is 0.0359 e. The average molecular weight is 207 g/mol. The van der Waals surface area contributed by atoms with Gasteiger partial charge < -0.3 is 5.32 Å². The number of hydrogen-bond donors (Lipinski definition) is 1. The molecule has 0 radical (unpaired) electrons. The number of fused-ring (bicyclic) bond motifs is 1. The van der Waals surface area contributed by atoms with Crippen molar-refractivity contribution in [1.82, 2.24) is 5.32 Å². The van der Waals surface area contributed by atoms with Crippen LogP contribution in [-0.4, -0.2) is 6.54 Å². The lowest BCUT2D eigenvalue weighted by atomic mass is 9.89. The van der Waals surface area contributed by atoms with E-state index in [2.05, 4.69) is 16.8 Å². The molecule has 0 saturated heterocycles. The van der Waals surface area contributed by atoms with Crippen LogP contribution in [0.25, 0.3) is 0 Å². The van der Waals surface area contributed by atoms with Gasteiger partial charge in [-0.2, -0.15) is 0 Å². The van der Waals surface area contributed by atoms with E-state index >= 15 is 0 Å². The minimum atomic E-state index is 0.688. The Morgan fingerprint density at radius 3 is 3.00 bits per heavy atom. The zero-order chi connectivity index (χ0) is 9.38. The molecule has 3 rings (SSSR count). The molecular weight excluding hydrogens is 190 g/mol. The molecule has 0 aromatic carbocycles. The Balaban J connectivity index is 1.88.